The summed E-state index contributed by atoms with van der Waals surface area (Å²) in [6.07, 6.45) is 0. The highest BCUT2D eigenvalue weighted by Crippen LogP contribution is 2.20. The van der Waals surface area contributed by atoms with Crippen LogP contribution in [0, 0.1) is 6.92 Å². The molecule has 0 radical (unpaired) electrons. The number of anilines is 1. The first kappa shape index (κ1) is 17.1. The highest BCUT2D eigenvalue weighted by Gasteiger charge is 2.36. The van der Waals surface area contributed by atoms with Gasteiger partial charge in [-0.1, -0.05) is 12.1 Å². The van der Waals surface area contributed by atoms with Gasteiger partial charge < -0.3 is 25.4 Å². The van der Waals surface area contributed by atoms with Crippen LogP contribution in [0.5, 0.6) is 0 Å². The lowest BCUT2D eigenvalue weighted by molar-refractivity contribution is 0.136. The number of aryl methyl sites for hydroxylation is 1. The molecular formula is C18H20N6O3. The number of piperazine rings is 1. The Morgan fingerprint density at radius 3 is 2.74 bits per heavy atom. The van der Waals surface area contributed by atoms with Gasteiger partial charge >= 0.3 is 12.1 Å². The first-order valence-electron chi connectivity index (χ1n) is 8.78. The van der Waals surface area contributed by atoms with Crippen LogP contribution in [0.3, 0.4) is 0 Å². The van der Waals surface area contributed by atoms with Crippen molar-refractivity contribution in [3.8, 4) is 11.3 Å². The summed E-state index contributed by atoms with van der Waals surface area (Å²) in [5, 5.41) is 5.68. The maximum absolute atomic E-state index is 12.5. The first-order valence-corrected chi connectivity index (χ1v) is 8.78. The normalized spacial score (nSPS) is 18.9. The van der Waals surface area contributed by atoms with Crippen molar-refractivity contribution in [2.75, 3.05) is 31.5 Å². The summed E-state index contributed by atoms with van der Waals surface area (Å²) in [6.45, 7) is 3.85. The molecular weight excluding hydrogens is 348 g/mol. The lowest BCUT2D eigenvalue weighted by Crippen LogP contribution is -2.54. The van der Waals surface area contributed by atoms with Crippen LogP contribution in [0.2, 0.25) is 0 Å². The maximum atomic E-state index is 12.5. The molecule has 2 aromatic rings. The minimum atomic E-state index is -0.200. The first-order chi connectivity index (χ1) is 13.0. The summed E-state index contributed by atoms with van der Waals surface area (Å²) in [5.41, 5.74) is 1.84. The van der Waals surface area contributed by atoms with Crippen molar-refractivity contribution in [2.24, 2.45) is 0 Å². The van der Waals surface area contributed by atoms with Gasteiger partial charge in [-0.2, -0.15) is 0 Å². The molecule has 2 fully saturated rings. The average molecular weight is 368 g/mol. The summed E-state index contributed by atoms with van der Waals surface area (Å²) < 4.78 is 0. The molecule has 0 spiro atoms. The number of nitrogens with zero attached hydrogens (tertiary/aromatic N) is 3. The number of hydrogen-bond donors (Lipinski definition) is 3. The molecule has 140 valence electrons. The topological polar surface area (TPSA) is 110 Å². The monoisotopic (exact) mass is 368 g/mol. The van der Waals surface area contributed by atoms with Gasteiger partial charge in [0.25, 0.3) is 5.56 Å². The number of carbonyl (C=O) groups is 2. The Hall–Kier alpha value is -3.36. The second kappa shape index (κ2) is 6.75. The van der Waals surface area contributed by atoms with Crippen LogP contribution in [0.25, 0.3) is 11.3 Å². The van der Waals surface area contributed by atoms with E-state index in [-0.39, 0.29) is 23.7 Å². The molecule has 1 aromatic heterocycles. The van der Waals surface area contributed by atoms with Gasteiger partial charge in [0, 0.05) is 43.5 Å². The Balaban J connectivity index is 1.42. The van der Waals surface area contributed by atoms with E-state index < -0.39 is 0 Å². The molecule has 2 aliphatic rings. The van der Waals surface area contributed by atoms with Crippen molar-refractivity contribution in [2.45, 2.75) is 13.0 Å². The standard InChI is InChI=1S/C18H20N6O3/c1-11-20-15(8-16(25)21-11)12-2-4-13(5-3-12)22-18(27)23-6-7-24-14(10-23)9-19-17(24)26/h2-5,8,14H,6-7,9-10H2,1H3,(H,19,26)(H,22,27)(H,20,21,25). The predicted octanol–water partition coefficient (Wildman–Crippen LogP) is 0.987. The van der Waals surface area contributed by atoms with Crippen LogP contribution >= 0.6 is 0 Å². The van der Waals surface area contributed by atoms with Gasteiger partial charge in [0.2, 0.25) is 0 Å². The van der Waals surface area contributed by atoms with Crippen LogP contribution < -0.4 is 16.2 Å². The van der Waals surface area contributed by atoms with E-state index >= 15 is 0 Å². The van der Waals surface area contributed by atoms with E-state index in [0.29, 0.717) is 43.4 Å². The van der Waals surface area contributed by atoms with E-state index in [1.807, 2.05) is 12.1 Å². The SMILES string of the molecule is Cc1nc(-c2ccc(NC(=O)N3CCN4C(=O)NCC4C3)cc2)cc(=O)[nH]1. The number of rotatable bonds is 2. The quantitative estimate of drug-likeness (QED) is 0.734. The van der Waals surface area contributed by atoms with E-state index in [1.165, 1.54) is 6.07 Å². The van der Waals surface area contributed by atoms with Crippen LogP contribution in [0.15, 0.2) is 35.1 Å². The number of fused-ring (bicyclic) bond motifs is 1. The molecule has 4 amide bonds. The van der Waals surface area contributed by atoms with Gasteiger partial charge in [-0.3, -0.25) is 4.79 Å². The van der Waals surface area contributed by atoms with Gasteiger partial charge in [0.15, 0.2) is 0 Å². The Morgan fingerprint density at radius 2 is 2.00 bits per heavy atom. The van der Waals surface area contributed by atoms with Crippen molar-refractivity contribution in [3.05, 3.63) is 46.5 Å². The van der Waals surface area contributed by atoms with E-state index in [2.05, 4.69) is 20.6 Å². The van der Waals surface area contributed by atoms with Gasteiger partial charge in [-0.05, 0) is 19.1 Å². The number of hydrogen-bond acceptors (Lipinski definition) is 4. The van der Waals surface area contributed by atoms with E-state index in [1.54, 1.807) is 28.9 Å². The van der Waals surface area contributed by atoms with E-state index in [4.69, 9.17) is 0 Å². The summed E-state index contributed by atoms with van der Waals surface area (Å²) in [6, 6.07) is 8.42. The van der Waals surface area contributed by atoms with Crippen molar-refractivity contribution in [1.29, 1.82) is 0 Å². The van der Waals surface area contributed by atoms with E-state index in [9.17, 15) is 14.4 Å². The third-order valence-corrected chi connectivity index (χ3v) is 4.81. The zero-order chi connectivity index (χ0) is 19.0. The van der Waals surface area contributed by atoms with Crippen molar-refractivity contribution >= 4 is 17.7 Å². The molecule has 0 saturated carbocycles. The Bertz CT molecular complexity index is 939. The molecule has 1 unspecified atom stereocenters. The fourth-order valence-electron chi connectivity index (χ4n) is 3.44. The summed E-state index contributed by atoms with van der Waals surface area (Å²) in [5.74, 6) is 0.550. The van der Waals surface area contributed by atoms with E-state index in [0.717, 1.165) is 5.56 Å². The number of nitrogens with one attached hydrogen (secondary N) is 3. The number of carbonyl (C=O) groups excluding carboxylic acids is 2. The number of amides is 4. The molecule has 1 atom stereocenters. The van der Waals surface area contributed by atoms with Gasteiger partial charge in [-0.15, -0.1) is 0 Å². The number of aromatic amines is 1. The molecule has 9 nitrogen and oxygen atoms in total. The predicted molar refractivity (Wildman–Crippen MR) is 99.5 cm³/mol. The Labute approximate surface area is 155 Å². The zero-order valence-corrected chi connectivity index (χ0v) is 14.9. The fraction of sp³-hybridized carbons (Fsp3) is 0.333. The smallest absolute Gasteiger partial charge is 0.321 e. The molecule has 9 heteroatoms. The minimum absolute atomic E-state index is 0.0323. The second-order valence-electron chi connectivity index (χ2n) is 6.70. The number of aromatic nitrogens is 2. The summed E-state index contributed by atoms with van der Waals surface area (Å²) in [7, 11) is 0. The molecule has 27 heavy (non-hydrogen) atoms. The largest absolute Gasteiger partial charge is 0.336 e. The van der Waals surface area contributed by atoms with Crippen LogP contribution in [0.4, 0.5) is 15.3 Å². The Morgan fingerprint density at radius 1 is 1.22 bits per heavy atom. The maximum Gasteiger partial charge on any atom is 0.321 e. The highest BCUT2D eigenvalue weighted by atomic mass is 16.2. The second-order valence-corrected chi connectivity index (χ2v) is 6.70. The third-order valence-electron chi connectivity index (χ3n) is 4.81. The van der Waals surface area contributed by atoms with Gasteiger partial charge in [0.05, 0.1) is 11.7 Å². The molecule has 3 heterocycles. The Kier molecular flexibility index (Phi) is 4.27. The van der Waals surface area contributed by atoms with Crippen LogP contribution in [-0.2, 0) is 0 Å². The lowest BCUT2D eigenvalue weighted by atomic mass is 10.1. The molecule has 1 aromatic carbocycles. The van der Waals surface area contributed by atoms with Crippen molar-refractivity contribution < 1.29 is 9.59 Å². The van der Waals surface area contributed by atoms with Crippen LogP contribution in [-0.4, -0.2) is 64.1 Å². The molecule has 0 bridgehead atoms. The van der Waals surface area contributed by atoms with Gasteiger partial charge in [0.1, 0.15) is 5.82 Å². The summed E-state index contributed by atoms with van der Waals surface area (Å²) in [4.78, 5) is 46.2. The van der Waals surface area contributed by atoms with Crippen molar-refractivity contribution in [1.82, 2.24) is 25.1 Å². The number of H-pyrrole nitrogens is 1. The van der Waals surface area contributed by atoms with Gasteiger partial charge in [-0.25, -0.2) is 14.6 Å². The van der Waals surface area contributed by atoms with Crippen molar-refractivity contribution in [3.63, 3.8) is 0 Å². The summed E-state index contributed by atoms with van der Waals surface area (Å²) >= 11 is 0. The third kappa shape index (κ3) is 3.48. The van der Waals surface area contributed by atoms with Crippen LogP contribution in [0.1, 0.15) is 5.82 Å². The number of benzene rings is 1. The molecule has 2 saturated heterocycles. The zero-order valence-electron chi connectivity index (χ0n) is 14.9. The lowest BCUT2D eigenvalue weighted by Gasteiger charge is -2.36. The average Bonchev–Trinajstić information content (AvgIpc) is 3.02. The highest BCUT2D eigenvalue weighted by molar-refractivity contribution is 5.90. The molecule has 3 N–H and O–H groups in total. The number of urea groups is 2. The minimum Gasteiger partial charge on any atom is -0.336 e. The molecule has 2 aliphatic heterocycles. The molecule has 0 aliphatic carbocycles. The fourth-order valence-corrected chi connectivity index (χ4v) is 3.44. The molecule has 4 rings (SSSR count).